The van der Waals surface area contributed by atoms with Crippen LogP contribution in [0.4, 0.5) is 0 Å². The summed E-state index contributed by atoms with van der Waals surface area (Å²) in [4.78, 5) is 24.9. The van der Waals surface area contributed by atoms with Crippen LogP contribution in [0.1, 0.15) is 41.8 Å². The fraction of sp³-hybridized carbons (Fsp3) is 0.458. The first kappa shape index (κ1) is 21.5. The molecule has 31 heavy (non-hydrogen) atoms. The zero-order chi connectivity index (χ0) is 22.0. The van der Waals surface area contributed by atoms with E-state index in [9.17, 15) is 4.79 Å². The van der Waals surface area contributed by atoms with Gasteiger partial charge in [0, 0.05) is 24.6 Å². The molecule has 164 valence electrons. The highest BCUT2D eigenvalue weighted by Gasteiger charge is 2.29. The number of aromatic nitrogens is 2. The molecule has 1 saturated heterocycles. The second-order valence-electron chi connectivity index (χ2n) is 8.62. The first-order valence-corrected chi connectivity index (χ1v) is 10.7. The third-order valence-electron chi connectivity index (χ3n) is 6.09. The molecule has 1 aromatic heterocycles. The van der Waals surface area contributed by atoms with Gasteiger partial charge in [0.15, 0.2) is 0 Å². The first-order valence-electron chi connectivity index (χ1n) is 10.7. The molecule has 0 aliphatic carbocycles. The molecule has 1 aromatic carbocycles. The summed E-state index contributed by atoms with van der Waals surface area (Å²) in [5, 5.41) is 4.27. The minimum Gasteiger partial charge on any atom is -0.373 e. The summed E-state index contributed by atoms with van der Waals surface area (Å²) in [7, 11) is 2.03. The largest absolute Gasteiger partial charge is 0.373 e. The Hall–Kier alpha value is -2.77. The molecule has 2 atom stereocenters. The van der Waals surface area contributed by atoms with E-state index >= 15 is 0 Å². The number of hydrogen-bond acceptors (Lipinski definition) is 6. The van der Waals surface area contributed by atoms with Gasteiger partial charge in [-0.05, 0) is 39.3 Å². The van der Waals surface area contributed by atoms with Gasteiger partial charge in [-0.15, -0.1) is 0 Å². The number of hydrogen-bond donors (Lipinski definition) is 0. The van der Waals surface area contributed by atoms with Crippen LogP contribution in [0.15, 0.2) is 52.9 Å². The minimum absolute atomic E-state index is 0.0197. The van der Waals surface area contributed by atoms with Gasteiger partial charge in [0.2, 0.25) is 0 Å². The lowest BCUT2D eigenvalue weighted by molar-refractivity contribution is 0.109. The average molecular weight is 423 g/mol. The molecule has 2 aromatic rings. The summed E-state index contributed by atoms with van der Waals surface area (Å²) in [5.41, 5.74) is 4.93. The molecule has 4 rings (SSSR count). The molecule has 3 heterocycles. The Morgan fingerprint density at radius 3 is 2.90 bits per heavy atom. The van der Waals surface area contributed by atoms with Crippen molar-refractivity contribution in [2.75, 3.05) is 20.2 Å². The van der Waals surface area contributed by atoms with Gasteiger partial charge in [-0.3, -0.25) is 9.36 Å². The van der Waals surface area contributed by atoms with E-state index in [2.05, 4.69) is 52.8 Å². The van der Waals surface area contributed by atoms with Gasteiger partial charge >= 0.3 is 0 Å². The van der Waals surface area contributed by atoms with Crippen molar-refractivity contribution in [3.05, 3.63) is 75.7 Å². The van der Waals surface area contributed by atoms with Gasteiger partial charge in [-0.1, -0.05) is 41.6 Å². The summed E-state index contributed by atoms with van der Waals surface area (Å²) in [5.74, 6) is 0.606. The molecular weight excluding hydrogens is 392 g/mol. The highest BCUT2D eigenvalue weighted by atomic mass is 16.6. The Bertz CT molecular complexity index is 1040. The van der Waals surface area contributed by atoms with Crippen LogP contribution in [0.3, 0.4) is 0 Å². The van der Waals surface area contributed by atoms with Crippen LogP contribution < -0.4 is 5.56 Å². The Kier molecular flexibility index (Phi) is 6.34. The van der Waals surface area contributed by atoms with Crippen molar-refractivity contribution in [2.45, 2.75) is 45.9 Å². The van der Waals surface area contributed by atoms with Crippen LogP contribution in [0.2, 0.25) is 0 Å². The van der Waals surface area contributed by atoms with E-state index < -0.39 is 0 Å². The molecule has 1 fully saturated rings. The maximum atomic E-state index is 12.8. The molecule has 7 nitrogen and oxygen atoms in total. The second kappa shape index (κ2) is 9.16. The van der Waals surface area contributed by atoms with E-state index in [1.54, 1.807) is 10.9 Å². The maximum absolute atomic E-state index is 12.8. The van der Waals surface area contributed by atoms with Gasteiger partial charge in [-0.2, -0.15) is 0 Å². The first-order chi connectivity index (χ1) is 14.9. The van der Waals surface area contributed by atoms with Gasteiger partial charge in [0.1, 0.15) is 5.76 Å². The smallest absolute Gasteiger partial charge is 0.257 e. The monoisotopic (exact) mass is 422 g/mol. The number of likely N-dealkylation sites (N-methyl/N-ethyl adjacent to an activating group) is 1. The Balaban J connectivity index is 1.34. The summed E-state index contributed by atoms with van der Waals surface area (Å²) in [6.45, 7) is 10.4. The van der Waals surface area contributed by atoms with Crippen LogP contribution in [-0.2, 0) is 29.1 Å². The molecule has 0 bridgehead atoms. The molecule has 7 heteroatoms. The van der Waals surface area contributed by atoms with Gasteiger partial charge in [-0.25, -0.2) is 4.98 Å². The summed E-state index contributed by atoms with van der Waals surface area (Å²) < 4.78 is 7.52. The molecular formula is C24H30N4O3. The predicted molar refractivity (Wildman–Crippen MR) is 120 cm³/mol. The molecule has 0 radical (unpaired) electrons. The summed E-state index contributed by atoms with van der Waals surface area (Å²) in [6, 6.07) is 8.46. The van der Waals surface area contributed by atoms with E-state index in [-0.39, 0.29) is 24.1 Å². The molecule has 0 amide bonds. The van der Waals surface area contributed by atoms with E-state index in [4.69, 9.17) is 9.57 Å². The van der Waals surface area contributed by atoms with Crippen molar-refractivity contribution in [3.8, 4) is 0 Å². The fourth-order valence-electron chi connectivity index (χ4n) is 4.07. The SMILES string of the molecule is C=C(Cn1cnc2c(c1=O)CCN(C)C2)O/N=C(\C)C1CO[C@@H](c2ccc(C)cc2)C1. The zero-order valence-corrected chi connectivity index (χ0v) is 18.5. The van der Waals surface area contributed by atoms with E-state index in [0.29, 0.717) is 25.3 Å². The second-order valence-corrected chi connectivity index (χ2v) is 8.62. The van der Waals surface area contributed by atoms with Crippen molar-refractivity contribution in [1.82, 2.24) is 14.5 Å². The third kappa shape index (κ3) is 4.94. The molecule has 0 spiro atoms. The van der Waals surface area contributed by atoms with Crippen LogP contribution in [0, 0.1) is 12.8 Å². The Morgan fingerprint density at radius 1 is 1.35 bits per heavy atom. The van der Waals surface area contributed by atoms with Crippen LogP contribution in [0.25, 0.3) is 0 Å². The summed E-state index contributed by atoms with van der Waals surface area (Å²) >= 11 is 0. The van der Waals surface area contributed by atoms with Crippen molar-refractivity contribution in [3.63, 3.8) is 0 Å². The Labute approximate surface area is 183 Å². The number of rotatable bonds is 6. The van der Waals surface area contributed by atoms with Crippen LogP contribution in [0.5, 0.6) is 0 Å². The zero-order valence-electron chi connectivity index (χ0n) is 18.5. The molecule has 0 N–H and O–H groups in total. The molecule has 1 unspecified atom stereocenters. The Morgan fingerprint density at radius 2 is 2.13 bits per heavy atom. The maximum Gasteiger partial charge on any atom is 0.257 e. The molecule has 2 aliphatic heterocycles. The van der Waals surface area contributed by atoms with Crippen molar-refractivity contribution in [1.29, 1.82) is 0 Å². The number of fused-ring (bicyclic) bond motifs is 1. The van der Waals surface area contributed by atoms with E-state index in [1.165, 1.54) is 11.1 Å². The topological polar surface area (TPSA) is 69.0 Å². The lowest BCUT2D eigenvalue weighted by atomic mass is 9.97. The number of benzene rings is 1. The third-order valence-corrected chi connectivity index (χ3v) is 6.09. The van der Waals surface area contributed by atoms with Crippen molar-refractivity contribution >= 4 is 5.71 Å². The summed E-state index contributed by atoms with van der Waals surface area (Å²) in [6.07, 6.45) is 3.24. The number of allylic oxidation sites excluding steroid dienone is 1. The van der Waals surface area contributed by atoms with Crippen LogP contribution in [-0.4, -0.2) is 40.4 Å². The standard InChI is InChI=1S/C24H30N4O3/c1-16-5-7-19(8-6-16)23-11-20(14-30-23)18(3)26-31-17(2)12-28-15-25-22-13-27(4)10-9-21(22)24(28)29/h5-8,15,20,23H,2,9-14H2,1,3-4H3/b26-18+/t20?,23-/m1/s1. The fourth-order valence-corrected chi connectivity index (χ4v) is 4.07. The van der Waals surface area contributed by atoms with Gasteiger partial charge in [0.05, 0.1) is 37.0 Å². The lowest BCUT2D eigenvalue weighted by Crippen LogP contribution is -2.35. The highest BCUT2D eigenvalue weighted by Crippen LogP contribution is 2.33. The van der Waals surface area contributed by atoms with Crippen molar-refractivity contribution < 1.29 is 9.57 Å². The van der Waals surface area contributed by atoms with Crippen LogP contribution >= 0.6 is 0 Å². The number of aryl methyl sites for hydroxylation is 1. The normalized spacial score (nSPS) is 21.7. The number of nitrogens with zero attached hydrogens (tertiary/aromatic N) is 4. The molecule has 2 aliphatic rings. The molecule has 0 saturated carbocycles. The highest BCUT2D eigenvalue weighted by molar-refractivity contribution is 5.84. The van der Waals surface area contributed by atoms with E-state index in [0.717, 1.165) is 29.9 Å². The van der Waals surface area contributed by atoms with E-state index in [1.807, 2.05) is 14.0 Å². The van der Waals surface area contributed by atoms with Gasteiger partial charge in [0.25, 0.3) is 5.56 Å². The quantitative estimate of drug-likeness (QED) is 0.406. The predicted octanol–water partition coefficient (Wildman–Crippen LogP) is 3.22. The average Bonchev–Trinajstić information content (AvgIpc) is 3.25. The van der Waals surface area contributed by atoms with Crippen molar-refractivity contribution in [2.24, 2.45) is 11.1 Å². The minimum atomic E-state index is -0.0197. The lowest BCUT2D eigenvalue weighted by Gasteiger charge is -2.23. The number of oxime groups is 1. The number of ether oxygens (including phenoxy) is 1. The van der Waals surface area contributed by atoms with Gasteiger partial charge < -0.3 is 14.5 Å².